The molecule has 0 radical (unpaired) electrons. The van der Waals surface area contributed by atoms with Crippen LogP contribution in [-0.2, 0) is 4.79 Å². The molecule has 0 spiro atoms. The third kappa shape index (κ3) is 4.82. The van der Waals surface area contributed by atoms with Crippen LogP contribution in [0, 0.1) is 0 Å². The minimum absolute atomic E-state index is 0.00248. The number of ether oxygens (including phenoxy) is 1. The Hall–Kier alpha value is -2.86. The Morgan fingerprint density at radius 1 is 1.21 bits per heavy atom. The predicted octanol–water partition coefficient (Wildman–Crippen LogP) is 2.36. The molecule has 126 valence electrons. The molecule has 6 nitrogen and oxygen atoms in total. The first-order valence-electron chi connectivity index (χ1n) is 7.53. The molecular formula is C18H20N2O4. The van der Waals surface area contributed by atoms with Crippen LogP contribution in [0.3, 0.4) is 0 Å². The van der Waals surface area contributed by atoms with Gasteiger partial charge >= 0.3 is 0 Å². The van der Waals surface area contributed by atoms with Crippen molar-refractivity contribution < 1.29 is 19.7 Å². The number of nitrogens with zero attached hydrogens (tertiary/aromatic N) is 1. The summed E-state index contributed by atoms with van der Waals surface area (Å²) in [5, 5.41) is 23.6. The molecule has 24 heavy (non-hydrogen) atoms. The molecule has 1 atom stereocenters. The van der Waals surface area contributed by atoms with Crippen molar-refractivity contribution in [2.24, 2.45) is 5.10 Å². The Bertz CT molecular complexity index is 714. The molecule has 0 aliphatic rings. The van der Waals surface area contributed by atoms with E-state index < -0.39 is 12.0 Å². The zero-order valence-electron chi connectivity index (χ0n) is 13.5. The minimum Gasteiger partial charge on any atom is -0.507 e. The number of aromatic hydroxyl groups is 1. The lowest BCUT2D eigenvalue weighted by Gasteiger charge is -2.10. The van der Waals surface area contributed by atoms with Gasteiger partial charge in [0.15, 0.2) is 6.10 Å². The first-order chi connectivity index (χ1) is 11.5. The molecule has 6 heteroatoms. The van der Waals surface area contributed by atoms with Crippen molar-refractivity contribution in [3.05, 3.63) is 59.7 Å². The Kier molecular flexibility index (Phi) is 5.92. The first kappa shape index (κ1) is 17.5. The SMILES string of the molecule is CC(C)Oc1ccc(/C=N\NC(=O)[C@H](O)c2ccccc2)c(O)c1. The number of benzene rings is 2. The zero-order chi connectivity index (χ0) is 17.5. The van der Waals surface area contributed by atoms with Gasteiger partial charge in [0, 0.05) is 11.6 Å². The smallest absolute Gasteiger partial charge is 0.273 e. The summed E-state index contributed by atoms with van der Waals surface area (Å²) in [5.41, 5.74) is 3.13. The highest BCUT2D eigenvalue weighted by Gasteiger charge is 2.16. The summed E-state index contributed by atoms with van der Waals surface area (Å²) >= 11 is 0. The number of rotatable bonds is 6. The normalized spacial score (nSPS) is 12.3. The Labute approximate surface area is 140 Å². The van der Waals surface area contributed by atoms with E-state index in [1.54, 1.807) is 42.5 Å². The molecule has 2 rings (SSSR count). The average molecular weight is 328 g/mol. The van der Waals surface area contributed by atoms with Crippen LogP contribution in [0.2, 0.25) is 0 Å². The molecule has 0 aromatic heterocycles. The van der Waals surface area contributed by atoms with Crippen molar-refractivity contribution in [2.75, 3.05) is 0 Å². The second-order valence-electron chi connectivity index (χ2n) is 5.43. The largest absolute Gasteiger partial charge is 0.507 e. The maximum Gasteiger partial charge on any atom is 0.273 e. The van der Waals surface area contributed by atoms with Gasteiger partial charge in [0.1, 0.15) is 11.5 Å². The number of hydrogen-bond donors (Lipinski definition) is 3. The summed E-state index contributed by atoms with van der Waals surface area (Å²) in [4.78, 5) is 11.8. The number of nitrogens with one attached hydrogen (secondary N) is 1. The molecular weight excluding hydrogens is 308 g/mol. The summed E-state index contributed by atoms with van der Waals surface area (Å²) in [6.45, 7) is 3.78. The van der Waals surface area contributed by atoms with E-state index in [0.717, 1.165) is 0 Å². The molecule has 0 saturated heterocycles. The first-order valence-corrected chi connectivity index (χ1v) is 7.53. The molecule has 2 aromatic carbocycles. The standard InChI is InChI=1S/C18H20N2O4/c1-12(2)24-15-9-8-14(16(21)10-15)11-19-20-18(23)17(22)13-6-4-3-5-7-13/h3-12,17,21-22H,1-2H3,(H,20,23)/b19-11-/t17-/m1/s1. The van der Waals surface area contributed by atoms with Crippen molar-refractivity contribution in [2.45, 2.75) is 26.1 Å². The van der Waals surface area contributed by atoms with Crippen LogP contribution in [-0.4, -0.2) is 28.4 Å². The maximum atomic E-state index is 11.8. The number of carbonyl (C=O) groups excluding carboxylic acids is 1. The summed E-state index contributed by atoms with van der Waals surface area (Å²) < 4.78 is 5.47. The molecule has 0 bridgehead atoms. The quantitative estimate of drug-likeness (QED) is 0.561. The molecule has 0 unspecified atom stereocenters. The molecule has 0 aliphatic heterocycles. The van der Waals surface area contributed by atoms with Crippen LogP contribution in [0.25, 0.3) is 0 Å². The van der Waals surface area contributed by atoms with E-state index in [0.29, 0.717) is 16.9 Å². The van der Waals surface area contributed by atoms with Gasteiger partial charge in [-0.15, -0.1) is 0 Å². The van der Waals surface area contributed by atoms with Crippen molar-refractivity contribution in [1.82, 2.24) is 5.43 Å². The fraction of sp³-hybridized carbons (Fsp3) is 0.222. The van der Waals surface area contributed by atoms with Crippen molar-refractivity contribution in [3.8, 4) is 11.5 Å². The van der Waals surface area contributed by atoms with Crippen LogP contribution in [0.1, 0.15) is 31.1 Å². The number of aliphatic hydroxyl groups excluding tert-OH is 1. The lowest BCUT2D eigenvalue weighted by Crippen LogP contribution is -2.25. The Balaban J connectivity index is 1.97. The van der Waals surface area contributed by atoms with Crippen LogP contribution >= 0.6 is 0 Å². The van der Waals surface area contributed by atoms with Crippen molar-refractivity contribution in [1.29, 1.82) is 0 Å². The van der Waals surface area contributed by atoms with E-state index in [4.69, 9.17) is 4.74 Å². The topological polar surface area (TPSA) is 91.2 Å². The predicted molar refractivity (Wildman–Crippen MR) is 91.0 cm³/mol. The van der Waals surface area contributed by atoms with E-state index >= 15 is 0 Å². The second kappa shape index (κ2) is 8.12. The number of aliphatic hydroxyl groups is 1. The van der Waals surface area contributed by atoms with Gasteiger partial charge in [0.25, 0.3) is 5.91 Å². The van der Waals surface area contributed by atoms with Crippen molar-refractivity contribution >= 4 is 12.1 Å². The van der Waals surface area contributed by atoms with E-state index in [1.807, 2.05) is 13.8 Å². The maximum absolute atomic E-state index is 11.8. The van der Waals surface area contributed by atoms with Gasteiger partial charge in [-0.3, -0.25) is 4.79 Å². The third-order valence-corrected chi connectivity index (χ3v) is 3.12. The van der Waals surface area contributed by atoms with Gasteiger partial charge in [-0.25, -0.2) is 5.43 Å². The number of phenolic OH excluding ortho intramolecular Hbond substituents is 1. The van der Waals surface area contributed by atoms with Crippen LogP contribution in [0.4, 0.5) is 0 Å². The van der Waals surface area contributed by atoms with Gasteiger partial charge < -0.3 is 14.9 Å². The highest BCUT2D eigenvalue weighted by molar-refractivity contribution is 5.86. The molecule has 0 aliphatic carbocycles. The molecule has 0 saturated carbocycles. The second-order valence-corrected chi connectivity index (χ2v) is 5.43. The number of hydrogen-bond acceptors (Lipinski definition) is 5. The molecule has 0 fully saturated rings. The molecule has 0 heterocycles. The summed E-state index contributed by atoms with van der Waals surface area (Å²) in [5.74, 6) is -0.130. The average Bonchev–Trinajstić information content (AvgIpc) is 2.56. The summed E-state index contributed by atoms with van der Waals surface area (Å²) in [7, 11) is 0. The molecule has 2 aromatic rings. The zero-order valence-corrected chi connectivity index (χ0v) is 13.5. The van der Waals surface area contributed by atoms with E-state index in [1.165, 1.54) is 12.3 Å². The van der Waals surface area contributed by atoms with Crippen LogP contribution in [0.15, 0.2) is 53.6 Å². The fourth-order valence-corrected chi connectivity index (χ4v) is 1.99. The van der Waals surface area contributed by atoms with Crippen LogP contribution < -0.4 is 10.2 Å². The number of carbonyl (C=O) groups is 1. The van der Waals surface area contributed by atoms with E-state index in [9.17, 15) is 15.0 Å². The highest BCUT2D eigenvalue weighted by Crippen LogP contribution is 2.23. The van der Waals surface area contributed by atoms with Gasteiger partial charge in [0.2, 0.25) is 0 Å². The van der Waals surface area contributed by atoms with E-state index in [2.05, 4.69) is 10.5 Å². The number of amides is 1. The minimum atomic E-state index is -1.31. The van der Waals surface area contributed by atoms with E-state index in [-0.39, 0.29) is 11.9 Å². The third-order valence-electron chi connectivity index (χ3n) is 3.12. The lowest BCUT2D eigenvalue weighted by molar-refractivity contribution is -0.129. The lowest BCUT2D eigenvalue weighted by atomic mass is 10.1. The Morgan fingerprint density at radius 2 is 1.92 bits per heavy atom. The monoisotopic (exact) mass is 328 g/mol. The summed E-state index contributed by atoms with van der Waals surface area (Å²) in [6.07, 6.45) is -0.00848. The van der Waals surface area contributed by atoms with Crippen LogP contribution in [0.5, 0.6) is 11.5 Å². The van der Waals surface area contributed by atoms with Gasteiger partial charge in [-0.2, -0.15) is 5.10 Å². The highest BCUT2D eigenvalue weighted by atomic mass is 16.5. The summed E-state index contributed by atoms with van der Waals surface area (Å²) in [6, 6.07) is 13.3. The van der Waals surface area contributed by atoms with Crippen molar-refractivity contribution in [3.63, 3.8) is 0 Å². The molecule has 3 N–H and O–H groups in total. The Morgan fingerprint density at radius 3 is 2.54 bits per heavy atom. The van der Waals surface area contributed by atoms with Gasteiger partial charge in [-0.1, -0.05) is 30.3 Å². The molecule has 1 amide bonds. The fourth-order valence-electron chi connectivity index (χ4n) is 1.99. The number of phenols is 1. The van der Waals surface area contributed by atoms with Gasteiger partial charge in [-0.05, 0) is 31.5 Å². The van der Waals surface area contributed by atoms with Gasteiger partial charge in [0.05, 0.1) is 12.3 Å². The number of hydrazone groups is 1.